The molecular formula is C28H33N5O. The third-order valence-corrected chi connectivity index (χ3v) is 7.43. The standard InChI is InChI=1S/C28H33N5O/c1-6-28(7-2,21-16-12-9-13-17-21)26-31-30-25(34-26)23-19(3)32-33-24(23)29-22(18-27(33,4)5)20-14-10-8-11-15-20/h8-17,22,29H,6-7,18H2,1-5H3. The van der Waals surface area contributed by atoms with Crippen LogP contribution in [0.15, 0.2) is 65.1 Å². The van der Waals surface area contributed by atoms with Crippen molar-refractivity contribution in [3.63, 3.8) is 0 Å². The second-order valence-corrected chi connectivity index (χ2v) is 9.91. The van der Waals surface area contributed by atoms with Gasteiger partial charge in [0.1, 0.15) is 11.4 Å². The van der Waals surface area contributed by atoms with E-state index in [2.05, 4.69) is 102 Å². The molecule has 0 saturated heterocycles. The Labute approximate surface area is 201 Å². The van der Waals surface area contributed by atoms with Crippen LogP contribution in [0, 0.1) is 6.92 Å². The third-order valence-electron chi connectivity index (χ3n) is 7.43. The van der Waals surface area contributed by atoms with Crippen molar-refractivity contribution >= 4 is 5.82 Å². The molecule has 6 nitrogen and oxygen atoms in total. The van der Waals surface area contributed by atoms with Gasteiger partial charge in [0.05, 0.1) is 22.7 Å². The summed E-state index contributed by atoms with van der Waals surface area (Å²) in [4.78, 5) is 0. The van der Waals surface area contributed by atoms with Crippen LogP contribution in [0.1, 0.15) is 75.7 Å². The Hall–Kier alpha value is -3.41. The molecule has 0 amide bonds. The zero-order chi connectivity index (χ0) is 23.9. The van der Waals surface area contributed by atoms with E-state index >= 15 is 0 Å². The Bertz CT molecular complexity index is 1270. The van der Waals surface area contributed by atoms with Gasteiger partial charge in [-0.3, -0.25) is 0 Å². The smallest absolute Gasteiger partial charge is 0.253 e. The highest BCUT2D eigenvalue weighted by Gasteiger charge is 2.40. The van der Waals surface area contributed by atoms with Crippen molar-refractivity contribution in [2.45, 2.75) is 70.9 Å². The van der Waals surface area contributed by atoms with Gasteiger partial charge in [0.2, 0.25) is 5.89 Å². The molecule has 0 spiro atoms. The summed E-state index contributed by atoms with van der Waals surface area (Å²) in [5, 5.41) is 17.8. The Morgan fingerprint density at radius 2 is 1.65 bits per heavy atom. The Morgan fingerprint density at radius 3 is 2.29 bits per heavy atom. The average Bonchev–Trinajstić information content (AvgIpc) is 3.46. The first-order chi connectivity index (χ1) is 16.4. The van der Waals surface area contributed by atoms with Crippen molar-refractivity contribution in [1.29, 1.82) is 0 Å². The lowest BCUT2D eigenvalue weighted by Gasteiger charge is -2.38. The highest BCUT2D eigenvalue weighted by atomic mass is 16.4. The van der Waals surface area contributed by atoms with E-state index in [0.29, 0.717) is 11.8 Å². The normalized spacial score (nSPS) is 17.3. The van der Waals surface area contributed by atoms with Crippen LogP contribution in [0.3, 0.4) is 0 Å². The van der Waals surface area contributed by atoms with Gasteiger partial charge in [-0.05, 0) is 51.2 Å². The second kappa shape index (κ2) is 8.42. The SMILES string of the molecule is CCC(CC)(c1ccccc1)c1nnc(-c2c(C)nn3c2NC(c2ccccc2)CC3(C)C)o1. The fourth-order valence-corrected chi connectivity index (χ4v) is 5.40. The first-order valence-corrected chi connectivity index (χ1v) is 12.2. The molecule has 0 bridgehead atoms. The van der Waals surface area contributed by atoms with E-state index in [4.69, 9.17) is 9.52 Å². The van der Waals surface area contributed by atoms with Crippen LogP contribution < -0.4 is 5.32 Å². The zero-order valence-electron chi connectivity index (χ0n) is 20.7. The van der Waals surface area contributed by atoms with E-state index in [1.165, 1.54) is 11.1 Å². The van der Waals surface area contributed by atoms with Gasteiger partial charge in [0.15, 0.2) is 0 Å². The fourth-order valence-electron chi connectivity index (χ4n) is 5.40. The van der Waals surface area contributed by atoms with Gasteiger partial charge in [-0.2, -0.15) is 5.10 Å². The number of hydrogen-bond acceptors (Lipinski definition) is 5. The lowest BCUT2D eigenvalue weighted by Crippen LogP contribution is -2.37. The molecule has 4 aromatic rings. The topological polar surface area (TPSA) is 68.8 Å². The van der Waals surface area contributed by atoms with Gasteiger partial charge in [0, 0.05) is 0 Å². The van der Waals surface area contributed by atoms with E-state index in [1.54, 1.807) is 0 Å². The number of hydrogen-bond donors (Lipinski definition) is 1. The maximum absolute atomic E-state index is 6.47. The lowest BCUT2D eigenvalue weighted by molar-refractivity contribution is 0.263. The van der Waals surface area contributed by atoms with E-state index < -0.39 is 0 Å². The first kappa shape index (κ1) is 22.4. The Kier molecular flexibility index (Phi) is 5.54. The first-order valence-electron chi connectivity index (χ1n) is 12.2. The monoisotopic (exact) mass is 455 g/mol. The predicted molar refractivity (Wildman–Crippen MR) is 135 cm³/mol. The minimum absolute atomic E-state index is 0.159. The lowest BCUT2D eigenvalue weighted by atomic mass is 9.76. The van der Waals surface area contributed by atoms with Crippen LogP contribution in [-0.4, -0.2) is 20.0 Å². The summed E-state index contributed by atoms with van der Waals surface area (Å²) in [6, 6.07) is 21.2. The quantitative estimate of drug-likeness (QED) is 0.353. The molecule has 0 radical (unpaired) electrons. The summed E-state index contributed by atoms with van der Waals surface area (Å²) in [7, 11) is 0. The van der Waals surface area contributed by atoms with Crippen molar-refractivity contribution in [3.8, 4) is 11.5 Å². The number of aromatic nitrogens is 4. The molecule has 0 saturated carbocycles. The molecule has 0 aliphatic carbocycles. The highest BCUT2D eigenvalue weighted by Crippen LogP contribution is 2.45. The fraction of sp³-hybridized carbons (Fsp3) is 0.393. The molecule has 1 unspecified atom stereocenters. The number of nitrogens with zero attached hydrogens (tertiary/aromatic N) is 4. The van der Waals surface area contributed by atoms with Crippen molar-refractivity contribution in [2.75, 3.05) is 5.32 Å². The molecule has 176 valence electrons. The molecule has 1 aliphatic heterocycles. The summed E-state index contributed by atoms with van der Waals surface area (Å²) in [5.74, 6) is 2.12. The van der Waals surface area contributed by atoms with Gasteiger partial charge in [-0.1, -0.05) is 74.5 Å². The molecule has 1 N–H and O–H groups in total. The van der Waals surface area contributed by atoms with Gasteiger partial charge >= 0.3 is 0 Å². The van der Waals surface area contributed by atoms with Gasteiger partial charge in [-0.25, -0.2) is 4.68 Å². The maximum atomic E-state index is 6.47. The average molecular weight is 456 g/mol. The summed E-state index contributed by atoms with van der Waals surface area (Å²) in [5.41, 5.74) is 3.77. The van der Waals surface area contributed by atoms with Gasteiger partial charge < -0.3 is 9.73 Å². The van der Waals surface area contributed by atoms with Crippen LogP contribution in [0.25, 0.3) is 11.5 Å². The predicted octanol–water partition coefficient (Wildman–Crippen LogP) is 6.64. The molecule has 3 heterocycles. The van der Waals surface area contributed by atoms with E-state index in [0.717, 1.165) is 36.3 Å². The number of rotatable bonds is 6. The molecule has 6 heteroatoms. The highest BCUT2D eigenvalue weighted by molar-refractivity contribution is 5.73. The number of anilines is 1. The maximum Gasteiger partial charge on any atom is 0.253 e. The minimum atomic E-state index is -0.313. The molecule has 0 fully saturated rings. The molecule has 34 heavy (non-hydrogen) atoms. The second-order valence-electron chi connectivity index (χ2n) is 9.91. The van der Waals surface area contributed by atoms with Crippen LogP contribution >= 0.6 is 0 Å². The molecule has 1 aliphatic rings. The number of aryl methyl sites for hydroxylation is 1. The molecular weight excluding hydrogens is 422 g/mol. The van der Waals surface area contributed by atoms with Crippen molar-refractivity contribution in [3.05, 3.63) is 83.4 Å². The third kappa shape index (κ3) is 3.52. The molecule has 2 aromatic heterocycles. The Balaban J connectivity index is 1.59. The van der Waals surface area contributed by atoms with Gasteiger partial charge in [-0.15, -0.1) is 10.2 Å². The van der Waals surface area contributed by atoms with E-state index in [1.807, 2.05) is 13.0 Å². The Morgan fingerprint density at radius 1 is 1.00 bits per heavy atom. The van der Waals surface area contributed by atoms with Crippen molar-refractivity contribution < 1.29 is 4.42 Å². The summed E-state index contributed by atoms with van der Waals surface area (Å²) >= 11 is 0. The van der Waals surface area contributed by atoms with Crippen molar-refractivity contribution in [2.24, 2.45) is 0 Å². The number of nitrogens with one attached hydrogen (secondary N) is 1. The summed E-state index contributed by atoms with van der Waals surface area (Å²) < 4.78 is 8.56. The number of benzene rings is 2. The molecule has 5 rings (SSSR count). The summed E-state index contributed by atoms with van der Waals surface area (Å²) in [6.07, 6.45) is 2.69. The van der Waals surface area contributed by atoms with Gasteiger partial charge in [0.25, 0.3) is 5.89 Å². The molecule has 2 aromatic carbocycles. The van der Waals surface area contributed by atoms with Crippen LogP contribution in [-0.2, 0) is 11.0 Å². The largest absolute Gasteiger partial charge is 0.420 e. The number of fused-ring (bicyclic) bond motifs is 1. The van der Waals surface area contributed by atoms with Crippen molar-refractivity contribution in [1.82, 2.24) is 20.0 Å². The summed E-state index contributed by atoms with van der Waals surface area (Å²) in [6.45, 7) is 10.8. The van der Waals surface area contributed by atoms with Crippen LogP contribution in [0.2, 0.25) is 0 Å². The van der Waals surface area contributed by atoms with E-state index in [9.17, 15) is 0 Å². The zero-order valence-corrected chi connectivity index (χ0v) is 20.7. The van der Waals surface area contributed by atoms with Crippen LogP contribution in [0.5, 0.6) is 0 Å². The van der Waals surface area contributed by atoms with E-state index in [-0.39, 0.29) is 17.0 Å². The van der Waals surface area contributed by atoms with Crippen LogP contribution in [0.4, 0.5) is 5.82 Å². The molecule has 1 atom stereocenters. The minimum Gasteiger partial charge on any atom is -0.420 e.